The lowest BCUT2D eigenvalue weighted by molar-refractivity contribution is -0.137. The van der Waals surface area contributed by atoms with Gasteiger partial charge in [0.25, 0.3) is 5.91 Å². The molecule has 0 radical (unpaired) electrons. The molecule has 10 heteroatoms. The minimum absolute atomic E-state index is 0.0551. The molecule has 1 amide bonds. The Kier molecular flexibility index (Phi) is 6.34. The molecule has 0 aliphatic carbocycles. The van der Waals surface area contributed by atoms with E-state index in [9.17, 15) is 18.0 Å². The van der Waals surface area contributed by atoms with Gasteiger partial charge in [0, 0.05) is 18.8 Å². The minimum Gasteiger partial charge on any atom is -0.475 e. The Labute approximate surface area is 171 Å². The molecule has 7 nitrogen and oxygen atoms in total. The zero-order valence-corrected chi connectivity index (χ0v) is 16.4. The van der Waals surface area contributed by atoms with Gasteiger partial charge in [0.1, 0.15) is 6.61 Å². The van der Waals surface area contributed by atoms with E-state index in [-0.39, 0.29) is 24.4 Å². The van der Waals surface area contributed by atoms with Gasteiger partial charge in [0.2, 0.25) is 5.88 Å². The normalized spacial score (nSPS) is 12.4. The number of nitrogens with zero attached hydrogens (tertiary/aromatic N) is 5. The van der Waals surface area contributed by atoms with Gasteiger partial charge in [0.15, 0.2) is 0 Å². The van der Waals surface area contributed by atoms with Crippen LogP contribution in [0, 0.1) is 0 Å². The second-order valence-electron chi connectivity index (χ2n) is 6.47. The van der Waals surface area contributed by atoms with E-state index in [0.29, 0.717) is 17.8 Å². The number of carbonyl (C=O) groups excluding carboxylic acids is 1. The van der Waals surface area contributed by atoms with Gasteiger partial charge in [-0.05, 0) is 32.0 Å². The quantitative estimate of drug-likeness (QED) is 0.585. The number of halogens is 3. The predicted molar refractivity (Wildman–Crippen MR) is 102 cm³/mol. The number of ether oxygens (including phenoxy) is 1. The number of hydrogen-bond acceptors (Lipinski definition) is 5. The SMILES string of the molecule is CCN(C(=O)c1ccccc1-n1nccn1)[C@@H](C)COc1ccc(C(F)(F)F)cn1. The first-order valence-corrected chi connectivity index (χ1v) is 9.24. The van der Waals surface area contributed by atoms with Gasteiger partial charge in [0.05, 0.1) is 35.2 Å². The second kappa shape index (κ2) is 8.93. The number of rotatable bonds is 7. The molecule has 158 valence electrons. The highest BCUT2D eigenvalue weighted by Gasteiger charge is 2.31. The number of alkyl halides is 3. The number of amides is 1. The van der Waals surface area contributed by atoms with Crippen LogP contribution in [0.5, 0.6) is 5.88 Å². The first kappa shape index (κ1) is 21.3. The summed E-state index contributed by atoms with van der Waals surface area (Å²) in [6.45, 7) is 4.10. The Hall–Kier alpha value is -3.43. The number of pyridine rings is 1. The lowest BCUT2D eigenvalue weighted by Crippen LogP contribution is -2.42. The minimum atomic E-state index is -4.46. The molecule has 0 saturated heterocycles. The second-order valence-corrected chi connectivity index (χ2v) is 6.47. The molecule has 0 fully saturated rings. The molecular formula is C20H20F3N5O2. The summed E-state index contributed by atoms with van der Waals surface area (Å²) in [5.74, 6) is -0.179. The Morgan fingerprint density at radius 1 is 1.17 bits per heavy atom. The van der Waals surface area contributed by atoms with Crippen molar-refractivity contribution in [3.05, 3.63) is 66.1 Å². The number of carbonyl (C=O) groups is 1. The molecule has 0 spiro atoms. The lowest BCUT2D eigenvalue weighted by atomic mass is 10.1. The third-order valence-electron chi connectivity index (χ3n) is 4.44. The highest BCUT2D eigenvalue weighted by molar-refractivity contribution is 5.97. The molecule has 3 aromatic rings. The van der Waals surface area contributed by atoms with Crippen molar-refractivity contribution >= 4 is 5.91 Å². The maximum absolute atomic E-state index is 13.2. The van der Waals surface area contributed by atoms with Gasteiger partial charge < -0.3 is 9.64 Å². The lowest BCUT2D eigenvalue weighted by Gasteiger charge is -2.28. The molecule has 0 unspecified atom stereocenters. The molecule has 1 atom stereocenters. The van der Waals surface area contributed by atoms with Crippen molar-refractivity contribution in [2.45, 2.75) is 26.1 Å². The Balaban J connectivity index is 1.71. The standard InChI is InChI=1S/C20H20F3N5O2/c1-3-27(14(2)13-30-18-9-8-15(12-24-18)20(21,22)23)19(29)16-6-4-5-7-17(16)28-25-10-11-26-28/h4-12,14H,3,13H2,1-2H3/t14-/m0/s1. The van der Waals surface area contributed by atoms with Crippen LogP contribution in [-0.4, -0.2) is 50.0 Å². The molecule has 0 aliphatic rings. The molecule has 0 N–H and O–H groups in total. The van der Waals surface area contributed by atoms with Crippen molar-refractivity contribution in [1.29, 1.82) is 0 Å². The van der Waals surface area contributed by atoms with Gasteiger partial charge in [-0.3, -0.25) is 4.79 Å². The van der Waals surface area contributed by atoms with Gasteiger partial charge >= 0.3 is 6.18 Å². The first-order valence-electron chi connectivity index (χ1n) is 9.24. The molecule has 0 bridgehead atoms. The third-order valence-corrected chi connectivity index (χ3v) is 4.44. The highest BCUT2D eigenvalue weighted by atomic mass is 19.4. The smallest absolute Gasteiger partial charge is 0.417 e. The number of benzene rings is 1. The van der Waals surface area contributed by atoms with Crippen LogP contribution in [0.4, 0.5) is 13.2 Å². The monoisotopic (exact) mass is 419 g/mol. The largest absolute Gasteiger partial charge is 0.475 e. The van der Waals surface area contributed by atoms with Crippen LogP contribution >= 0.6 is 0 Å². The first-order chi connectivity index (χ1) is 14.3. The van der Waals surface area contributed by atoms with Crippen molar-refractivity contribution in [2.24, 2.45) is 0 Å². The number of aromatic nitrogens is 4. The fourth-order valence-corrected chi connectivity index (χ4v) is 2.91. The van der Waals surface area contributed by atoms with E-state index in [4.69, 9.17) is 4.74 Å². The average molecular weight is 419 g/mol. The summed E-state index contributed by atoms with van der Waals surface area (Å²) in [7, 11) is 0. The van der Waals surface area contributed by atoms with Crippen molar-refractivity contribution < 1.29 is 22.7 Å². The van der Waals surface area contributed by atoms with Crippen LogP contribution in [-0.2, 0) is 6.18 Å². The summed E-state index contributed by atoms with van der Waals surface area (Å²) >= 11 is 0. The maximum atomic E-state index is 13.2. The summed E-state index contributed by atoms with van der Waals surface area (Å²) in [6.07, 6.45) is -0.699. The van der Waals surface area contributed by atoms with Gasteiger partial charge in [-0.15, -0.1) is 0 Å². The Morgan fingerprint density at radius 2 is 1.87 bits per heavy atom. The van der Waals surface area contributed by atoms with Crippen molar-refractivity contribution in [3.63, 3.8) is 0 Å². The van der Waals surface area contributed by atoms with Crippen molar-refractivity contribution in [3.8, 4) is 11.6 Å². The van der Waals surface area contributed by atoms with E-state index >= 15 is 0 Å². The van der Waals surface area contributed by atoms with Crippen molar-refractivity contribution in [2.75, 3.05) is 13.2 Å². The molecule has 2 aromatic heterocycles. The zero-order valence-electron chi connectivity index (χ0n) is 16.4. The Bertz CT molecular complexity index is 975. The molecule has 30 heavy (non-hydrogen) atoms. The topological polar surface area (TPSA) is 73.1 Å². The van der Waals surface area contributed by atoms with E-state index in [1.165, 1.54) is 17.2 Å². The number of para-hydroxylation sites is 1. The molecular weight excluding hydrogens is 399 g/mol. The summed E-state index contributed by atoms with van der Waals surface area (Å²) in [5.41, 5.74) is 0.121. The van der Waals surface area contributed by atoms with Crippen LogP contribution in [0.3, 0.4) is 0 Å². The summed E-state index contributed by atoms with van der Waals surface area (Å²) in [6, 6.07) is 8.68. The maximum Gasteiger partial charge on any atom is 0.417 e. The Morgan fingerprint density at radius 3 is 2.47 bits per heavy atom. The fourth-order valence-electron chi connectivity index (χ4n) is 2.91. The zero-order chi connectivity index (χ0) is 21.7. The van der Waals surface area contributed by atoms with Crippen LogP contribution < -0.4 is 4.74 Å². The van der Waals surface area contributed by atoms with E-state index in [1.54, 1.807) is 36.1 Å². The number of hydrogen-bond donors (Lipinski definition) is 0. The summed E-state index contributed by atoms with van der Waals surface area (Å²) < 4.78 is 43.4. The summed E-state index contributed by atoms with van der Waals surface area (Å²) in [4.78, 5) is 19.8. The van der Waals surface area contributed by atoms with E-state index in [1.807, 2.05) is 6.92 Å². The van der Waals surface area contributed by atoms with Gasteiger partial charge in [-0.1, -0.05) is 12.1 Å². The van der Waals surface area contributed by atoms with Gasteiger partial charge in [-0.25, -0.2) is 4.98 Å². The third kappa shape index (κ3) is 4.76. The van der Waals surface area contributed by atoms with E-state index in [0.717, 1.165) is 18.3 Å². The molecule has 3 rings (SSSR count). The molecule has 0 saturated carbocycles. The molecule has 0 aliphatic heterocycles. The number of likely N-dealkylation sites (N-methyl/N-ethyl adjacent to an activating group) is 1. The van der Waals surface area contributed by atoms with Crippen LogP contribution in [0.2, 0.25) is 0 Å². The molecule has 1 aromatic carbocycles. The summed E-state index contributed by atoms with van der Waals surface area (Å²) in [5, 5.41) is 8.16. The van der Waals surface area contributed by atoms with Crippen LogP contribution in [0.1, 0.15) is 29.8 Å². The van der Waals surface area contributed by atoms with Crippen LogP contribution in [0.25, 0.3) is 5.69 Å². The van der Waals surface area contributed by atoms with Crippen molar-refractivity contribution in [1.82, 2.24) is 24.9 Å². The van der Waals surface area contributed by atoms with E-state index in [2.05, 4.69) is 15.2 Å². The predicted octanol–water partition coefficient (Wildman–Crippen LogP) is 3.61. The molecule has 2 heterocycles. The van der Waals surface area contributed by atoms with Crippen LogP contribution in [0.15, 0.2) is 55.0 Å². The average Bonchev–Trinajstić information content (AvgIpc) is 3.27. The van der Waals surface area contributed by atoms with Gasteiger partial charge in [-0.2, -0.15) is 28.2 Å². The highest BCUT2D eigenvalue weighted by Crippen LogP contribution is 2.29. The van der Waals surface area contributed by atoms with E-state index < -0.39 is 11.7 Å². The fraction of sp³-hybridized carbons (Fsp3) is 0.300.